The van der Waals surface area contributed by atoms with E-state index in [0.29, 0.717) is 19.8 Å². The molecule has 7 heteroatoms. The van der Waals surface area contributed by atoms with Crippen LogP contribution in [0.25, 0.3) is 0 Å². The minimum atomic E-state index is -0.00737. The number of methoxy groups -OCH3 is 2. The second kappa shape index (κ2) is 4.93. The Balaban J connectivity index is 1.73. The van der Waals surface area contributed by atoms with E-state index in [1.165, 1.54) is 0 Å². The molecule has 0 bridgehead atoms. The lowest BCUT2D eigenvalue weighted by atomic mass is 10.1. The van der Waals surface area contributed by atoms with Crippen molar-refractivity contribution in [2.75, 3.05) is 27.4 Å². The van der Waals surface area contributed by atoms with Crippen molar-refractivity contribution < 1.29 is 18.9 Å². The van der Waals surface area contributed by atoms with Gasteiger partial charge in [0.1, 0.15) is 30.0 Å². The summed E-state index contributed by atoms with van der Waals surface area (Å²) in [7, 11) is 3.32. The van der Waals surface area contributed by atoms with E-state index in [1.54, 1.807) is 18.9 Å². The molecule has 0 aliphatic carbocycles. The summed E-state index contributed by atoms with van der Waals surface area (Å²) in [6.45, 7) is 1.61. The van der Waals surface area contributed by atoms with Gasteiger partial charge >= 0.3 is 0 Å². The molecular weight excluding hydrogens is 238 g/mol. The quantitative estimate of drug-likeness (QED) is 0.741. The van der Waals surface area contributed by atoms with E-state index in [0.717, 1.165) is 5.69 Å². The molecule has 0 unspecified atom stereocenters. The molecule has 2 fully saturated rings. The van der Waals surface area contributed by atoms with Crippen LogP contribution in [0.15, 0.2) is 6.20 Å². The van der Waals surface area contributed by atoms with Crippen molar-refractivity contribution in [3.05, 3.63) is 11.9 Å². The number of aromatic nitrogens is 3. The largest absolute Gasteiger partial charge is 0.378 e. The summed E-state index contributed by atoms with van der Waals surface area (Å²) in [4.78, 5) is 0. The van der Waals surface area contributed by atoms with Gasteiger partial charge in [-0.05, 0) is 0 Å². The molecule has 0 N–H and O–H groups in total. The molecule has 0 amide bonds. The fourth-order valence-corrected chi connectivity index (χ4v) is 2.56. The molecule has 1 aromatic heterocycles. The Morgan fingerprint density at radius 3 is 2.94 bits per heavy atom. The number of rotatable bonds is 4. The molecule has 0 aromatic carbocycles. The van der Waals surface area contributed by atoms with Gasteiger partial charge in [-0.3, -0.25) is 0 Å². The first kappa shape index (κ1) is 12.0. The van der Waals surface area contributed by atoms with Crippen molar-refractivity contribution in [2.24, 2.45) is 0 Å². The molecule has 3 rings (SSSR count). The summed E-state index contributed by atoms with van der Waals surface area (Å²) in [5.74, 6) is 0. The van der Waals surface area contributed by atoms with Gasteiger partial charge in [-0.25, -0.2) is 4.68 Å². The summed E-state index contributed by atoms with van der Waals surface area (Å²) in [5, 5.41) is 8.16. The van der Waals surface area contributed by atoms with Crippen LogP contribution in [0.4, 0.5) is 0 Å². The summed E-state index contributed by atoms with van der Waals surface area (Å²) < 4.78 is 23.7. The molecule has 0 spiro atoms. The van der Waals surface area contributed by atoms with Crippen LogP contribution in [0.1, 0.15) is 11.7 Å². The zero-order valence-electron chi connectivity index (χ0n) is 10.5. The normalized spacial score (nSPS) is 35.0. The van der Waals surface area contributed by atoms with E-state index < -0.39 is 0 Å². The van der Waals surface area contributed by atoms with Gasteiger partial charge in [-0.15, -0.1) is 5.10 Å². The van der Waals surface area contributed by atoms with Crippen LogP contribution in [0.3, 0.4) is 0 Å². The van der Waals surface area contributed by atoms with Gasteiger partial charge in [0.05, 0.1) is 26.0 Å². The molecule has 0 radical (unpaired) electrons. The molecule has 2 saturated heterocycles. The summed E-state index contributed by atoms with van der Waals surface area (Å²) in [6.07, 6.45) is 1.88. The van der Waals surface area contributed by atoms with Crippen LogP contribution in [-0.2, 0) is 25.6 Å². The molecule has 4 atom stereocenters. The third-order valence-electron chi connectivity index (χ3n) is 3.47. The van der Waals surface area contributed by atoms with Crippen LogP contribution in [0, 0.1) is 0 Å². The molecule has 3 heterocycles. The van der Waals surface area contributed by atoms with Crippen LogP contribution < -0.4 is 0 Å². The maximum absolute atomic E-state index is 5.75. The Morgan fingerprint density at radius 2 is 2.17 bits per heavy atom. The lowest BCUT2D eigenvalue weighted by molar-refractivity contribution is -0.00910. The lowest BCUT2D eigenvalue weighted by Gasteiger charge is -2.15. The highest BCUT2D eigenvalue weighted by atomic mass is 16.6. The van der Waals surface area contributed by atoms with Crippen molar-refractivity contribution in [3.8, 4) is 0 Å². The zero-order valence-corrected chi connectivity index (χ0v) is 10.5. The minimum Gasteiger partial charge on any atom is -0.378 e. The summed E-state index contributed by atoms with van der Waals surface area (Å²) >= 11 is 0. The molecule has 0 saturated carbocycles. The van der Waals surface area contributed by atoms with Crippen molar-refractivity contribution in [1.82, 2.24) is 15.0 Å². The van der Waals surface area contributed by atoms with E-state index in [1.807, 2.05) is 6.20 Å². The Hall–Kier alpha value is -1.02. The predicted octanol–water partition coefficient (Wildman–Crippen LogP) is -0.222. The highest BCUT2D eigenvalue weighted by molar-refractivity contribution is 5.00. The van der Waals surface area contributed by atoms with Gasteiger partial charge in [0.25, 0.3) is 0 Å². The second-order valence-corrected chi connectivity index (χ2v) is 4.56. The molecule has 7 nitrogen and oxygen atoms in total. The predicted molar refractivity (Wildman–Crippen MR) is 60.0 cm³/mol. The Kier molecular flexibility index (Phi) is 3.29. The minimum absolute atomic E-state index is 0.00456. The van der Waals surface area contributed by atoms with Gasteiger partial charge in [0, 0.05) is 14.2 Å². The van der Waals surface area contributed by atoms with Crippen molar-refractivity contribution in [3.63, 3.8) is 0 Å². The van der Waals surface area contributed by atoms with E-state index in [4.69, 9.17) is 18.9 Å². The summed E-state index contributed by atoms with van der Waals surface area (Å²) in [5.41, 5.74) is 0.808. The first-order chi connectivity index (χ1) is 8.83. The number of hydrogen-bond acceptors (Lipinski definition) is 6. The van der Waals surface area contributed by atoms with Crippen LogP contribution in [0.2, 0.25) is 0 Å². The number of nitrogens with zero attached hydrogens (tertiary/aromatic N) is 3. The van der Waals surface area contributed by atoms with Gasteiger partial charge in [0.15, 0.2) is 0 Å². The maximum atomic E-state index is 5.75. The Morgan fingerprint density at radius 1 is 1.33 bits per heavy atom. The lowest BCUT2D eigenvalue weighted by Crippen LogP contribution is -2.31. The fourth-order valence-electron chi connectivity index (χ4n) is 2.56. The zero-order chi connectivity index (χ0) is 12.5. The average molecular weight is 255 g/mol. The third kappa shape index (κ3) is 1.93. The highest BCUT2D eigenvalue weighted by Gasteiger charge is 2.49. The van der Waals surface area contributed by atoms with Gasteiger partial charge in [-0.2, -0.15) is 0 Å². The second-order valence-electron chi connectivity index (χ2n) is 4.56. The first-order valence-corrected chi connectivity index (χ1v) is 5.99. The Bertz CT molecular complexity index is 411. The molecule has 18 heavy (non-hydrogen) atoms. The van der Waals surface area contributed by atoms with E-state index in [-0.39, 0.29) is 24.4 Å². The van der Waals surface area contributed by atoms with Crippen LogP contribution >= 0.6 is 0 Å². The highest BCUT2D eigenvalue weighted by Crippen LogP contribution is 2.34. The van der Waals surface area contributed by atoms with Crippen molar-refractivity contribution >= 4 is 0 Å². The number of hydrogen-bond donors (Lipinski definition) is 0. The fraction of sp³-hybridized carbons (Fsp3) is 0.818. The van der Waals surface area contributed by atoms with Crippen LogP contribution in [-0.4, -0.2) is 60.7 Å². The van der Waals surface area contributed by atoms with Gasteiger partial charge in [-0.1, -0.05) is 5.21 Å². The number of ether oxygens (including phenoxy) is 4. The monoisotopic (exact) mass is 255 g/mol. The van der Waals surface area contributed by atoms with E-state index >= 15 is 0 Å². The van der Waals surface area contributed by atoms with Gasteiger partial charge < -0.3 is 18.9 Å². The molecule has 1 aromatic rings. The average Bonchev–Trinajstić information content (AvgIpc) is 3.03. The third-order valence-corrected chi connectivity index (χ3v) is 3.47. The SMILES string of the molecule is COCc1cn([C@H]2CO[C@H]3[C@@H]2OC[C@H]3OC)nn1. The molecule has 2 aliphatic heterocycles. The molecular formula is C11H17N3O4. The van der Waals surface area contributed by atoms with E-state index in [9.17, 15) is 0 Å². The Labute approximate surface area is 105 Å². The summed E-state index contributed by atoms with van der Waals surface area (Å²) in [6, 6.07) is 0.0632. The maximum Gasteiger partial charge on any atom is 0.114 e. The standard InChI is InChI=1S/C11H17N3O4/c1-15-4-7-3-14(13-12-7)8-5-17-11-9(16-2)6-18-10(8)11/h3,8-11H,4-6H2,1-2H3/t8-,9+,10+,11+/m0/s1. The van der Waals surface area contributed by atoms with Crippen LogP contribution in [0.5, 0.6) is 0 Å². The molecule has 100 valence electrons. The van der Waals surface area contributed by atoms with Gasteiger partial charge in [0.2, 0.25) is 0 Å². The topological polar surface area (TPSA) is 67.6 Å². The first-order valence-electron chi connectivity index (χ1n) is 5.99. The van der Waals surface area contributed by atoms with Crippen molar-refractivity contribution in [2.45, 2.75) is 31.0 Å². The van der Waals surface area contributed by atoms with Crippen molar-refractivity contribution in [1.29, 1.82) is 0 Å². The number of fused-ring (bicyclic) bond motifs is 1. The smallest absolute Gasteiger partial charge is 0.114 e. The molecule has 2 aliphatic rings. The van der Waals surface area contributed by atoms with E-state index in [2.05, 4.69) is 10.3 Å².